The SMILES string of the molecule is Cc1ccnc([C@H](NC(=O)[C@H](O)c2ccccc2)C2CC2)n1. The Bertz CT molecular complexity index is 656. The lowest BCUT2D eigenvalue weighted by atomic mass is 10.1. The van der Waals surface area contributed by atoms with Crippen LogP contribution in [-0.4, -0.2) is 21.0 Å². The third-order valence-corrected chi connectivity index (χ3v) is 3.85. The maximum Gasteiger partial charge on any atom is 0.254 e. The van der Waals surface area contributed by atoms with E-state index in [0.29, 0.717) is 17.3 Å². The molecule has 1 aromatic carbocycles. The molecule has 0 spiro atoms. The molecule has 1 aliphatic rings. The zero-order chi connectivity index (χ0) is 15.5. The highest BCUT2D eigenvalue weighted by atomic mass is 16.3. The van der Waals surface area contributed by atoms with Gasteiger partial charge in [0.05, 0.1) is 6.04 Å². The number of rotatable bonds is 5. The minimum atomic E-state index is -1.17. The third-order valence-electron chi connectivity index (χ3n) is 3.85. The third kappa shape index (κ3) is 3.31. The van der Waals surface area contributed by atoms with Crippen LogP contribution in [0.25, 0.3) is 0 Å². The molecule has 0 aliphatic heterocycles. The van der Waals surface area contributed by atoms with Gasteiger partial charge in [-0.15, -0.1) is 0 Å². The molecule has 3 rings (SSSR count). The van der Waals surface area contributed by atoms with Crippen molar-refractivity contribution in [2.24, 2.45) is 5.92 Å². The lowest BCUT2D eigenvalue weighted by Crippen LogP contribution is -2.35. The molecule has 1 amide bonds. The molecule has 22 heavy (non-hydrogen) atoms. The summed E-state index contributed by atoms with van der Waals surface area (Å²) in [6.07, 6.45) is 2.62. The van der Waals surface area contributed by atoms with Crippen LogP contribution in [0.2, 0.25) is 0 Å². The molecule has 1 aliphatic carbocycles. The van der Waals surface area contributed by atoms with E-state index in [0.717, 1.165) is 18.5 Å². The number of carbonyl (C=O) groups excluding carboxylic acids is 1. The summed E-state index contributed by atoms with van der Waals surface area (Å²) in [6.45, 7) is 1.90. The molecule has 2 aromatic rings. The minimum Gasteiger partial charge on any atom is -0.378 e. The summed E-state index contributed by atoms with van der Waals surface area (Å²) >= 11 is 0. The Hall–Kier alpha value is -2.27. The molecule has 0 bridgehead atoms. The average Bonchev–Trinajstić information content (AvgIpc) is 3.37. The molecule has 2 atom stereocenters. The zero-order valence-electron chi connectivity index (χ0n) is 12.4. The van der Waals surface area contributed by atoms with Crippen LogP contribution >= 0.6 is 0 Å². The molecule has 0 unspecified atom stereocenters. The highest BCUT2D eigenvalue weighted by Gasteiger charge is 2.36. The van der Waals surface area contributed by atoms with Crippen molar-refractivity contribution in [2.75, 3.05) is 0 Å². The monoisotopic (exact) mass is 297 g/mol. The first-order valence-electron chi connectivity index (χ1n) is 7.48. The lowest BCUT2D eigenvalue weighted by molar-refractivity contribution is -0.130. The van der Waals surface area contributed by atoms with Crippen molar-refractivity contribution in [3.63, 3.8) is 0 Å². The summed E-state index contributed by atoms with van der Waals surface area (Å²) in [6, 6.07) is 10.5. The highest BCUT2D eigenvalue weighted by Crippen LogP contribution is 2.40. The first kappa shape index (κ1) is 14.7. The van der Waals surface area contributed by atoms with Gasteiger partial charge in [0.1, 0.15) is 0 Å². The molecule has 1 fully saturated rings. The first-order chi connectivity index (χ1) is 10.6. The summed E-state index contributed by atoms with van der Waals surface area (Å²) < 4.78 is 0. The molecule has 5 nitrogen and oxygen atoms in total. The summed E-state index contributed by atoms with van der Waals surface area (Å²) in [7, 11) is 0. The summed E-state index contributed by atoms with van der Waals surface area (Å²) in [5.41, 5.74) is 1.45. The second kappa shape index (κ2) is 6.23. The van der Waals surface area contributed by atoms with Crippen molar-refractivity contribution in [1.29, 1.82) is 0 Å². The predicted octanol–water partition coefficient (Wildman–Crippen LogP) is 2.09. The Morgan fingerprint density at radius 3 is 2.64 bits per heavy atom. The van der Waals surface area contributed by atoms with Gasteiger partial charge in [0.25, 0.3) is 5.91 Å². The number of aliphatic hydroxyl groups excluding tert-OH is 1. The van der Waals surface area contributed by atoms with E-state index < -0.39 is 12.0 Å². The van der Waals surface area contributed by atoms with E-state index in [4.69, 9.17) is 0 Å². The molecule has 2 N–H and O–H groups in total. The van der Waals surface area contributed by atoms with Crippen LogP contribution in [-0.2, 0) is 4.79 Å². The van der Waals surface area contributed by atoms with E-state index in [2.05, 4.69) is 15.3 Å². The van der Waals surface area contributed by atoms with Gasteiger partial charge in [-0.25, -0.2) is 9.97 Å². The fourth-order valence-electron chi connectivity index (χ4n) is 2.46. The molecule has 1 heterocycles. The number of hydrogen-bond acceptors (Lipinski definition) is 4. The van der Waals surface area contributed by atoms with E-state index in [1.54, 1.807) is 30.5 Å². The smallest absolute Gasteiger partial charge is 0.254 e. The Kier molecular flexibility index (Phi) is 4.15. The number of aromatic nitrogens is 2. The van der Waals surface area contributed by atoms with E-state index in [1.165, 1.54) is 0 Å². The average molecular weight is 297 g/mol. The Labute approximate surface area is 129 Å². The maximum atomic E-state index is 12.3. The van der Waals surface area contributed by atoms with E-state index in [1.807, 2.05) is 19.1 Å². The highest BCUT2D eigenvalue weighted by molar-refractivity contribution is 5.82. The molecule has 1 saturated carbocycles. The number of carbonyl (C=O) groups is 1. The maximum absolute atomic E-state index is 12.3. The topological polar surface area (TPSA) is 75.1 Å². The van der Waals surface area contributed by atoms with Gasteiger partial charge >= 0.3 is 0 Å². The van der Waals surface area contributed by atoms with Gasteiger partial charge in [-0.05, 0) is 37.3 Å². The van der Waals surface area contributed by atoms with Crippen molar-refractivity contribution >= 4 is 5.91 Å². The lowest BCUT2D eigenvalue weighted by Gasteiger charge is -2.19. The number of hydrogen-bond donors (Lipinski definition) is 2. The van der Waals surface area contributed by atoms with Crippen LogP contribution in [0.5, 0.6) is 0 Å². The zero-order valence-corrected chi connectivity index (χ0v) is 12.4. The fourth-order valence-corrected chi connectivity index (χ4v) is 2.46. The van der Waals surface area contributed by atoms with Crippen LogP contribution in [0.1, 0.15) is 42.1 Å². The van der Waals surface area contributed by atoms with Crippen molar-refractivity contribution < 1.29 is 9.90 Å². The summed E-state index contributed by atoms with van der Waals surface area (Å²) in [4.78, 5) is 21.0. The summed E-state index contributed by atoms with van der Waals surface area (Å²) in [5.74, 6) is 0.568. The Morgan fingerprint density at radius 2 is 2.00 bits per heavy atom. The summed E-state index contributed by atoms with van der Waals surface area (Å²) in [5, 5.41) is 13.1. The molecule has 114 valence electrons. The first-order valence-corrected chi connectivity index (χ1v) is 7.48. The van der Waals surface area contributed by atoms with Crippen LogP contribution < -0.4 is 5.32 Å². The molecular formula is C17H19N3O2. The quantitative estimate of drug-likeness (QED) is 0.886. The van der Waals surface area contributed by atoms with Gasteiger partial charge in [-0.2, -0.15) is 0 Å². The second-order valence-electron chi connectivity index (χ2n) is 5.69. The van der Waals surface area contributed by atoms with E-state index in [-0.39, 0.29) is 6.04 Å². The largest absolute Gasteiger partial charge is 0.378 e. The molecule has 5 heteroatoms. The molecule has 1 aromatic heterocycles. The standard InChI is InChI=1S/C17H19N3O2/c1-11-9-10-18-16(19-11)14(12-7-8-12)20-17(22)15(21)13-5-3-2-4-6-13/h2-6,9-10,12,14-15,21H,7-8H2,1H3,(H,20,22)/t14-,15-/m1/s1. The number of aryl methyl sites for hydroxylation is 1. The van der Waals surface area contributed by atoms with Crippen LogP contribution in [0.3, 0.4) is 0 Å². The van der Waals surface area contributed by atoms with Gasteiger partial charge in [-0.3, -0.25) is 4.79 Å². The normalized spacial score (nSPS) is 16.8. The van der Waals surface area contributed by atoms with Crippen LogP contribution in [0.4, 0.5) is 0 Å². The Balaban J connectivity index is 1.75. The minimum absolute atomic E-state index is 0.231. The predicted molar refractivity (Wildman–Crippen MR) is 81.8 cm³/mol. The van der Waals surface area contributed by atoms with Crippen molar-refractivity contribution in [3.05, 3.63) is 59.7 Å². The molecule has 0 saturated heterocycles. The van der Waals surface area contributed by atoms with Gasteiger partial charge in [-0.1, -0.05) is 30.3 Å². The second-order valence-corrected chi connectivity index (χ2v) is 5.69. The van der Waals surface area contributed by atoms with Crippen molar-refractivity contribution in [2.45, 2.75) is 31.9 Å². The fraction of sp³-hybridized carbons (Fsp3) is 0.353. The van der Waals surface area contributed by atoms with Gasteiger partial charge in [0.15, 0.2) is 11.9 Å². The van der Waals surface area contributed by atoms with Crippen LogP contribution in [0, 0.1) is 12.8 Å². The molecular weight excluding hydrogens is 278 g/mol. The number of amides is 1. The van der Waals surface area contributed by atoms with Gasteiger partial charge in [0, 0.05) is 11.9 Å². The van der Waals surface area contributed by atoms with Crippen LogP contribution in [0.15, 0.2) is 42.6 Å². The number of aliphatic hydroxyl groups is 1. The number of nitrogens with zero attached hydrogens (tertiary/aromatic N) is 2. The van der Waals surface area contributed by atoms with Gasteiger partial charge in [0.2, 0.25) is 0 Å². The molecule has 0 radical (unpaired) electrons. The number of benzene rings is 1. The number of nitrogens with one attached hydrogen (secondary N) is 1. The Morgan fingerprint density at radius 1 is 1.27 bits per heavy atom. The van der Waals surface area contributed by atoms with Crippen molar-refractivity contribution in [3.8, 4) is 0 Å². The van der Waals surface area contributed by atoms with Gasteiger partial charge < -0.3 is 10.4 Å². The van der Waals surface area contributed by atoms with Crippen molar-refractivity contribution in [1.82, 2.24) is 15.3 Å². The van der Waals surface area contributed by atoms with E-state index >= 15 is 0 Å². The van der Waals surface area contributed by atoms with E-state index in [9.17, 15) is 9.90 Å².